The minimum atomic E-state index is 0.168. The Morgan fingerprint density at radius 2 is 2.10 bits per heavy atom. The van der Waals surface area contributed by atoms with Gasteiger partial charge in [-0.1, -0.05) is 0 Å². The third-order valence-corrected chi connectivity index (χ3v) is 3.89. The Morgan fingerprint density at radius 1 is 1.35 bits per heavy atom. The van der Waals surface area contributed by atoms with Crippen LogP contribution in [0.4, 0.5) is 0 Å². The van der Waals surface area contributed by atoms with Crippen molar-refractivity contribution in [3.63, 3.8) is 0 Å². The summed E-state index contributed by atoms with van der Waals surface area (Å²) in [5.74, 6) is 0. The molecule has 1 atom stereocenters. The summed E-state index contributed by atoms with van der Waals surface area (Å²) < 4.78 is 8.17. The van der Waals surface area contributed by atoms with Crippen molar-refractivity contribution in [1.29, 1.82) is 10.5 Å². The monoisotopic (exact) mass is 284 g/mol. The molecule has 0 spiro atoms. The highest BCUT2D eigenvalue weighted by molar-refractivity contribution is 7.71. The van der Waals surface area contributed by atoms with E-state index in [0.29, 0.717) is 22.4 Å². The minimum absolute atomic E-state index is 0.168. The molecule has 6 heteroatoms. The standard InChI is InChI=1S/C14H12N4OS/c15-6-9-4-12-13(5-10(9)7-16)18(14(20)17-12)8-11-2-1-3-19-11/h4-5,11H,1-3,8H2,(H,17,20)/t11-/m0/s1. The van der Waals surface area contributed by atoms with E-state index in [4.69, 9.17) is 27.5 Å². The molecule has 1 saturated heterocycles. The molecule has 1 aromatic heterocycles. The molecule has 1 N–H and O–H groups in total. The van der Waals surface area contributed by atoms with E-state index >= 15 is 0 Å². The number of nitrogens with one attached hydrogen (secondary N) is 1. The van der Waals surface area contributed by atoms with E-state index in [9.17, 15) is 0 Å². The maximum absolute atomic E-state index is 9.12. The van der Waals surface area contributed by atoms with Crippen molar-refractivity contribution in [2.24, 2.45) is 0 Å². The zero-order valence-corrected chi connectivity index (χ0v) is 11.5. The topological polar surface area (TPSA) is 77.5 Å². The normalized spacial score (nSPS) is 18.0. The highest BCUT2D eigenvalue weighted by atomic mass is 32.1. The van der Waals surface area contributed by atoms with Gasteiger partial charge in [0.1, 0.15) is 12.1 Å². The number of aromatic amines is 1. The number of rotatable bonds is 2. The average Bonchev–Trinajstić information content (AvgIpc) is 3.06. The Bertz CT molecular complexity index is 799. The summed E-state index contributed by atoms with van der Waals surface area (Å²) in [5, 5.41) is 18.2. The first-order valence-electron chi connectivity index (χ1n) is 6.41. The fourth-order valence-corrected chi connectivity index (χ4v) is 2.84. The van der Waals surface area contributed by atoms with E-state index in [0.717, 1.165) is 30.5 Å². The summed E-state index contributed by atoms with van der Waals surface area (Å²) in [5.41, 5.74) is 2.36. The lowest BCUT2D eigenvalue weighted by Gasteiger charge is -2.11. The van der Waals surface area contributed by atoms with Gasteiger partial charge in [0, 0.05) is 6.61 Å². The number of nitriles is 2. The van der Waals surface area contributed by atoms with Crippen molar-refractivity contribution in [1.82, 2.24) is 9.55 Å². The molecular formula is C14H12N4OS. The molecule has 1 fully saturated rings. The van der Waals surface area contributed by atoms with Crippen LogP contribution in [0.1, 0.15) is 24.0 Å². The predicted octanol–water partition coefficient (Wildman–Crippen LogP) is 2.62. The quantitative estimate of drug-likeness (QED) is 0.860. The summed E-state index contributed by atoms with van der Waals surface area (Å²) in [6.07, 6.45) is 2.26. The van der Waals surface area contributed by atoms with Gasteiger partial charge < -0.3 is 14.3 Å². The van der Waals surface area contributed by atoms with Gasteiger partial charge in [-0.3, -0.25) is 0 Å². The summed E-state index contributed by atoms with van der Waals surface area (Å²) >= 11 is 5.33. The maximum Gasteiger partial charge on any atom is 0.178 e. The molecule has 0 amide bonds. The first-order valence-corrected chi connectivity index (χ1v) is 6.82. The second kappa shape index (κ2) is 5.09. The Labute approximate surface area is 121 Å². The summed E-state index contributed by atoms with van der Waals surface area (Å²) in [6.45, 7) is 1.47. The van der Waals surface area contributed by atoms with E-state index in [1.165, 1.54) is 0 Å². The van der Waals surface area contributed by atoms with Crippen LogP contribution in [0.15, 0.2) is 12.1 Å². The van der Waals surface area contributed by atoms with Gasteiger partial charge in [0.25, 0.3) is 0 Å². The molecule has 2 heterocycles. The number of imidazole rings is 1. The number of hydrogen-bond acceptors (Lipinski definition) is 4. The molecule has 100 valence electrons. The van der Waals surface area contributed by atoms with Crippen LogP contribution in [-0.4, -0.2) is 22.3 Å². The Balaban J connectivity index is 2.12. The van der Waals surface area contributed by atoms with Crippen LogP contribution >= 0.6 is 12.2 Å². The van der Waals surface area contributed by atoms with Crippen molar-refractivity contribution in [2.75, 3.05) is 6.61 Å². The fourth-order valence-electron chi connectivity index (χ4n) is 2.56. The van der Waals surface area contributed by atoms with Crippen molar-refractivity contribution in [3.8, 4) is 12.1 Å². The van der Waals surface area contributed by atoms with Crippen LogP contribution < -0.4 is 0 Å². The van der Waals surface area contributed by atoms with Crippen molar-refractivity contribution in [3.05, 3.63) is 28.0 Å². The van der Waals surface area contributed by atoms with Gasteiger partial charge in [-0.25, -0.2) is 0 Å². The smallest absolute Gasteiger partial charge is 0.178 e. The molecule has 0 saturated carbocycles. The minimum Gasteiger partial charge on any atom is -0.376 e. The Morgan fingerprint density at radius 3 is 2.75 bits per heavy atom. The van der Waals surface area contributed by atoms with Crippen molar-refractivity contribution < 1.29 is 4.74 Å². The van der Waals surface area contributed by atoms with Gasteiger partial charge in [0.05, 0.1) is 34.8 Å². The molecule has 3 rings (SSSR count). The molecule has 1 aliphatic heterocycles. The van der Waals surface area contributed by atoms with E-state index in [1.54, 1.807) is 12.1 Å². The highest BCUT2D eigenvalue weighted by Crippen LogP contribution is 2.22. The summed E-state index contributed by atoms with van der Waals surface area (Å²) in [4.78, 5) is 3.09. The molecule has 20 heavy (non-hydrogen) atoms. The van der Waals surface area contributed by atoms with Gasteiger partial charge in [-0.15, -0.1) is 0 Å². The fraction of sp³-hybridized carbons (Fsp3) is 0.357. The number of aromatic nitrogens is 2. The van der Waals surface area contributed by atoms with Gasteiger partial charge in [0.2, 0.25) is 0 Å². The van der Waals surface area contributed by atoms with Gasteiger partial charge in [0.15, 0.2) is 4.77 Å². The number of ether oxygens (including phenoxy) is 1. The van der Waals surface area contributed by atoms with Crippen molar-refractivity contribution >= 4 is 23.3 Å². The SMILES string of the molecule is N#Cc1cc2[nH]c(=S)n(C[C@@H]3CCCO3)c2cc1C#N. The zero-order chi connectivity index (χ0) is 14.1. The van der Waals surface area contributed by atoms with Gasteiger partial charge in [-0.2, -0.15) is 10.5 Å². The molecule has 0 aliphatic carbocycles. The first-order chi connectivity index (χ1) is 9.72. The van der Waals surface area contributed by atoms with Gasteiger partial charge >= 0.3 is 0 Å². The maximum atomic E-state index is 9.12. The molecule has 0 radical (unpaired) electrons. The number of benzene rings is 1. The molecule has 0 unspecified atom stereocenters. The Kier molecular flexibility index (Phi) is 3.27. The second-order valence-electron chi connectivity index (χ2n) is 4.81. The van der Waals surface area contributed by atoms with E-state index in [1.807, 2.05) is 10.6 Å². The number of H-pyrrole nitrogens is 1. The molecule has 0 bridgehead atoms. The van der Waals surface area contributed by atoms with E-state index < -0.39 is 0 Å². The van der Waals surface area contributed by atoms with Crippen LogP contribution in [0.5, 0.6) is 0 Å². The second-order valence-corrected chi connectivity index (χ2v) is 5.20. The molecule has 1 aromatic carbocycles. The predicted molar refractivity (Wildman–Crippen MR) is 75.5 cm³/mol. The zero-order valence-electron chi connectivity index (χ0n) is 10.7. The number of nitrogens with zero attached hydrogens (tertiary/aromatic N) is 3. The summed E-state index contributed by atoms with van der Waals surface area (Å²) in [6, 6.07) is 7.48. The van der Waals surface area contributed by atoms with Gasteiger partial charge in [-0.05, 0) is 37.2 Å². The van der Waals surface area contributed by atoms with E-state index in [-0.39, 0.29) is 6.10 Å². The van der Waals surface area contributed by atoms with Crippen LogP contribution in [0.25, 0.3) is 11.0 Å². The summed E-state index contributed by atoms with van der Waals surface area (Å²) in [7, 11) is 0. The molecule has 2 aromatic rings. The lowest BCUT2D eigenvalue weighted by Crippen LogP contribution is -2.14. The van der Waals surface area contributed by atoms with Crippen LogP contribution in [0.3, 0.4) is 0 Å². The van der Waals surface area contributed by atoms with Crippen LogP contribution in [0.2, 0.25) is 0 Å². The van der Waals surface area contributed by atoms with E-state index in [2.05, 4.69) is 11.1 Å². The third-order valence-electron chi connectivity index (χ3n) is 3.56. The number of hydrogen-bond donors (Lipinski definition) is 1. The lowest BCUT2D eigenvalue weighted by atomic mass is 10.1. The first kappa shape index (κ1) is 12.9. The highest BCUT2D eigenvalue weighted by Gasteiger charge is 2.18. The van der Waals surface area contributed by atoms with Crippen LogP contribution in [0, 0.1) is 27.4 Å². The third kappa shape index (κ3) is 2.09. The average molecular weight is 284 g/mol. The molecular weight excluding hydrogens is 272 g/mol. The Hall–Kier alpha value is -2.15. The molecule has 5 nitrogen and oxygen atoms in total. The number of fused-ring (bicyclic) bond motifs is 1. The lowest BCUT2D eigenvalue weighted by molar-refractivity contribution is 0.0976. The largest absolute Gasteiger partial charge is 0.376 e. The van der Waals surface area contributed by atoms with Crippen LogP contribution in [-0.2, 0) is 11.3 Å². The van der Waals surface area contributed by atoms with Crippen molar-refractivity contribution in [2.45, 2.75) is 25.5 Å². The molecule has 1 aliphatic rings.